The van der Waals surface area contributed by atoms with Crippen LogP contribution < -0.4 is 4.74 Å². The second-order valence-corrected chi connectivity index (χ2v) is 6.97. The monoisotopic (exact) mass is 376 g/mol. The molecule has 1 aliphatic rings. The van der Waals surface area contributed by atoms with Gasteiger partial charge in [0.05, 0.1) is 0 Å². The Labute approximate surface area is 163 Å². The lowest BCUT2D eigenvalue weighted by Gasteiger charge is -2.23. The Hall–Kier alpha value is -3.21. The maximum atomic E-state index is 13.2. The molecular formula is C23H21FN2O2. The molecule has 2 aromatic carbocycles. The topological polar surface area (TPSA) is 42.4 Å². The van der Waals surface area contributed by atoms with Crippen LogP contribution in [-0.4, -0.2) is 21.8 Å². The predicted molar refractivity (Wildman–Crippen MR) is 104 cm³/mol. The summed E-state index contributed by atoms with van der Waals surface area (Å²) in [6.07, 6.45) is 5.48. The SMILES string of the molecule is O=C(c1cccc(OCc2cccnc2)c1)N(Cc1ccc(F)cc1)C1CC1. The summed E-state index contributed by atoms with van der Waals surface area (Å²) in [6.45, 7) is 0.873. The highest BCUT2D eigenvalue weighted by Gasteiger charge is 2.33. The van der Waals surface area contributed by atoms with E-state index in [0.29, 0.717) is 24.5 Å². The van der Waals surface area contributed by atoms with E-state index in [4.69, 9.17) is 4.74 Å². The molecule has 4 rings (SSSR count). The van der Waals surface area contributed by atoms with E-state index in [9.17, 15) is 9.18 Å². The number of carbonyl (C=O) groups is 1. The third kappa shape index (κ3) is 4.55. The molecule has 1 fully saturated rings. The minimum absolute atomic E-state index is 0.0290. The van der Waals surface area contributed by atoms with Crippen LogP contribution in [0.1, 0.15) is 34.3 Å². The highest BCUT2D eigenvalue weighted by atomic mass is 19.1. The van der Waals surface area contributed by atoms with Crippen molar-refractivity contribution in [2.45, 2.75) is 32.0 Å². The molecule has 1 aromatic heterocycles. The molecule has 0 aliphatic heterocycles. The fraction of sp³-hybridized carbons (Fsp3) is 0.217. The summed E-state index contributed by atoms with van der Waals surface area (Å²) >= 11 is 0. The van der Waals surface area contributed by atoms with Crippen LogP contribution in [0.25, 0.3) is 0 Å². The van der Waals surface area contributed by atoms with E-state index in [1.54, 1.807) is 36.7 Å². The predicted octanol–water partition coefficient (Wildman–Crippen LogP) is 4.60. The van der Waals surface area contributed by atoms with Crippen molar-refractivity contribution in [3.63, 3.8) is 0 Å². The molecule has 1 aliphatic carbocycles. The summed E-state index contributed by atoms with van der Waals surface area (Å²) in [5.74, 6) is 0.345. The molecule has 1 amide bonds. The average molecular weight is 376 g/mol. The molecule has 142 valence electrons. The van der Waals surface area contributed by atoms with Crippen molar-refractivity contribution < 1.29 is 13.9 Å². The van der Waals surface area contributed by atoms with Crippen LogP contribution in [0.5, 0.6) is 5.75 Å². The number of nitrogens with zero attached hydrogens (tertiary/aromatic N) is 2. The number of benzene rings is 2. The van der Waals surface area contributed by atoms with Gasteiger partial charge in [0.25, 0.3) is 5.91 Å². The summed E-state index contributed by atoms with van der Waals surface area (Å²) in [5, 5.41) is 0. The maximum Gasteiger partial charge on any atom is 0.254 e. The van der Waals surface area contributed by atoms with Gasteiger partial charge in [-0.2, -0.15) is 0 Å². The van der Waals surface area contributed by atoms with E-state index in [2.05, 4.69) is 4.98 Å². The first-order chi connectivity index (χ1) is 13.7. The molecule has 28 heavy (non-hydrogen) atoms. The summed E-state index contributed by atoms with van der Waals surface area (Å²) in [5.41, 5.74) is 2.48. The van der Waals surface area contributed by atoms with Gasteiger partial charge in [-0.05, 0) is 54.8 Å². The van der Waals surface area contributed by atoms with Crippen LogP contribution in [0.15, 0.2) is 73.1 Å². The molecule has 1 saturated carbocycles. The Morgan fingerprint density at radius 1 is 1.07 bits per heavy atom. The first-order valence-electron chi connectivity index (χ1n) is 9.36. The summed E-state index contributed by atoms with van der Waals surface area (Å²) in [6, 6.07) is 17.6. The van der Waals surface area contributed by atoms with Gasteiger partial charge in [0.1, 0.15) is 18.2 Å². The van der Waals surface area contributed by atoms with Crippen LogP contribution in [-0.2, 0) is 13.2 Å². The van der Waals surface area contributed by atoms with Crippen LogP contribution in [0.3, 0.4) is 0 Å². The lowest BCUT2D eigenvalue weighted by Crippen LogP contribution is -2.32. The number of aromatic nitrogens is 1. The third-order valence-electron chi connectivity index (χ3n) is 4.72. The summed E-state index contributed by atoms with van der Waals surface area (Å²) < 4.78 is 19.0. The van der Waals surface area contributed by atoms with E-state index >= 15 is 0 Å². The highest BCUT2D eigenvalue weighted by molar-refractivity contribution is 5.95. The largest absolute Gasteiger partial charge is 0.489 e. The van der Waals surface area contributed by atoms with Crippen molar-refractivity contribution in [3.8, 4) is 5.75 Å². The van der Waals surface area contributed by atoms with Crippen molar-refractivity contribution in [3.05, 3.63) is 95.6 Å². The van der Waals surface area contributed by atoms with Gasteiger partial charge in [-0.1, -0.05) is 24.3 Å². The van der Waals surface area contributed by atoms with Gasteiger partial charge in [0.2, 0.25) is 0 Å². The second kappa shape index (κ2) is 8.21. The molecule has 0 N–H and O–H groups in total. The lowest BCUT2D eigenvalue weighted by molar-refractivity contribution is 0.0729. The zero-order valence-corrected chi connectivity index (χ0v) is 15.4. The van der Waals surface area contributed by atoms with Crippen molar-refractivity contribution in [2.24, 2.45) is 0 Å². The standard InChI is InChI=1S/C23H21FN2O2/c24-20-8-6-17(7-9-20)15-26(21-10-11-21)23(27)19-4-1-5-22(13-19)28-16-18-3-2-12-25-14-18/h1-9,12-14,21H,10-11,15-16H2. The fourth-order valence-corrected chi connectivity index (χ4v) is 3.07. The van der Waals surface area contributed by atoms with E-state index in [1.807, 2.05) is 29.2 Å². The van der Waals surface area contributed by atoms with Gasteiger partial charge in [-0.25, -0.2) is 4.39 Å². The number of carbonyl (C=O) groups excluding carboxylic acids is 1. The van der Waals surface area contributed by atoms with E-state index < -0.39 is 0 Å². The molecule has 0 spiro atoms. The molecule has 0 saturated heterocycles. The summed E-state index contributed by atoms with van der Waals surface area (Å²) in [4.78, 5) is 19.1. The van der Waals surface area contributed by atoms with Crippen LogP contribution in [0.4, 0.5) is 4.39 Å². The Morgan fingerprint density at radius 2 is 1.89 bits per heavy atom. The highest BCUT2D eigenvalue weighted by Crippen LogP contribution is 2.30. The molecule has 0 bridgehead atoms. The minimum Gasteiger partial charge on any atom is -0.489 e. The number of ether oxygens (including phenoxy) is 1. The van der Waals surface area contributed by atoms with E-state index in [-0.39, 0.29) is 17.8 Å². The first-order valence-corrected chi connectivity index (χ1v) is 9.36. The van der Waals surface area contributed by atoms with Crippen molar-refractivity contribution >= 4 is 5.91 Å². The molecule has 5 heteroatoms. The van der Waals surface area contributed by atoms with Gasteiger partial charge in [-0.3, -0.25) is 9.78 Å². The van der Waals surface area contributed by atoms with E-state index in [1.165, 1.54) is 12.1 Å². The lowest BCUT2D eigenvalue weighted by atomic mass is 10.1. The number of hydrogen-bond acceptors (Lipinski definition) is 3. The van der Waals surface area contributed by atoms with Crippen LogP contribution in [0, 0.1) is 5.82 Å². The zero-order chi connectivity index (χ0) is 19.3. The Morgan fingerprint density at radius 3 is 2.61 bits per heavy atom. The maximum absolute atomic E-state index is 13.2. The number of rotatable bonds is 7. The Bertz CT molecular complexity index is 940. The van der Waals surface area contributed by atoms with Gasteiger partial charge in [0, 0.05) is 36.1 Å². The quantitative estimate of drug-likeness (QED) is 0.605. The molecule has 0 radical (unpaired) electrons. The Balaban J connectivity index is 1.47. The molecule has 0 unspecified atom stereocenters. The molecule has 3 aromatic rings. The van der Waals surface area contributed by atoms with Crippen molar-refractivity contribution in [1.82, 2.24) is 9.88 Å². The number of halogens is 1. The third-order valence-corrected chi connectivity index (χ3v) is 4.72. The van der Waals surface area contributed by atoms with Crippen LogP contribution in [0.2, 0.25) is 0 Å². The smallest absolute Gasteiger partial charge is 0.254 e. The first kappa shape index (κ1) is 18.2. The van der Waals surface area contributed by atoms with E-state index in [0.717, 1.165) is 24.0 Å². The minimum atomic E-state index is -0.272. The number of amides is 1. The van der Waals surface area contributed by atoms with Gasteiger partial charge in [0.15, 0.2) is 0 Å². The average Bonchev–Trinajstić information content (AvgIpc) is 3.57. The van der Waals surface area contributed by atoms with Gasteiger partial charge in [-0.15, -0.1) is 0 Å². The molecule has 0 atom stereocenters. The number of hydrogen-bond donors (Lipinski definition) is 0. The van der Waals surface area contributed by atoms with Crippen molar-refractivity contribution in [1.29, 1.82) is 0 Å². The molecule has 4 nitrogen and oxygen atoms in total. The number of pyridine rings is 1. The Kier molecular flexibility index (Phi) is 5.33. The van der Waals surface area contributed by atoms with Gasteiger partial charge >= 0.3 is 0 Å². The molecule has 1 heterocycles. The fourth-order valence-electron chi connectivity index (χ4n) is 3.07. The summed E-state index contributed by atoms with van der Waals surface area (Å²) in [7, 11) is 0. The van der Waals surface area contributed by atoms with Gasteiger partial charge < -0.3 is 9.64 Å². The zero-order valence-electron chi connectivity index (χ0n) is 15.4. The van der Waals surface area contributed by atoms with Crippen molar-refractivity contribution in [2.75, 3.05) is 0 Å². The second-order valence-electron chi connectivity index (χ2n) is 6.97. The molecular weight excluding hydrogens is 355 g/mol. The van der Waals surface area contributed by atoms with Crippen LogP contribution >= 0.6 is 0 Å². The normalized spacial score (nSPS) is 13.2.